The van der Waals surface area contributed by atoms with E-state index >= 15 is 0 Å². The van der Waals surface area contributed by atoms with E-state index in [4.69, 9.17) is 4.74 Å². The molecule has 0 aliphatic carbocycles. The van der Waals surface area contributed by atoms with Crippen LogP contribution in [0.4, 0.5) is 0 Å². The average molecular weight is 342 g/mol. The first-order valence-electron chi connectivity index (χ1n) is 6.68. The van der Waals surface area contributed by atoms with Crippen LogP contribution in [0.25, 0.3) is 0 Å². The van der Waals surface area contributed by atoms with E-state index in [0.717, 1.165) is 10.0 Å². The molecule has 1 N–H and O–H groups in total. The van der Waals surface area contributed by atoms with Crippen LogP contribution in [-0.4, -0.2) is 24.5 Å². The molecule has 1 rings (SSSR count). The van der Waals surface area contributed by atoms with E-state index in [0.29, 0.717) is 19.4 Å². The van der Waals surface area contributed by atoms with Gasteiger partial charge in [0.2, 0.25) is 5.91 Å². The number of amides is 1. The SMILES string of the molecule is CC(C)OC(=O)CCNC(=O)CCc1cccc(Br)c1. The maximum absolute atomic E-state index is 11.6. The molecular formula is C15H20BrNO3. The summed E-state index contributed by atoms with van der Waals surface area (Å²) in [6, 6.07) is 7.87. The first-order chi connectivity index (χ1) is 9.47. The number of aryl methyl sites for hydroxylation is 1. The number of rotatable bonds is 7. The topological polar surface area (TPSA) is 55.4 Å². The van der Waals surface area contributed by atoms with Gasteiger partial charge in [-0.15, -0.1) is 0 Å². The van der Waals surface area contributed by atoms with Crippen molar-refractivity contribution < 1.29 is 14.3 Å². The Balaban J connectivity index is 2.19. The first-order valence-corrected chi connectivity index (χ1v) is 7.47. The van der Waals surface area contributed by atoms with Crippen LogP contribution in [0, 0.1) is 0 Å². The summed E-state index contributed by atoms with van der Waals surface area (Å²) in [5.74, 6) is -0.338. The van der Waals surface area contributed by atoms with E-state index in [2.05, 4.69) is 21.2 Å². The highest BCUT2D eigenvalue weighted by Crippen LogP contribution is 2.12. The van der Waals surface area contributed by atoms with Gasteiger partial charge in [0.1, 0.15) is 0 Å². The lowest BCUT2D eigenvalue weighted by Crippen LogP contribution is -2.27. The quantitative estimate of drug-likeness (QED) is 0.776. The van der Waals surface area contributed by atoms with Gasteiger partial charge in [-0.25, -0.2) is 0 Å². The lowest BCUT2D eigenvalue weighted by Gasteiger charge is -2.08. The van der Waals surface area contributed by atoms with Crippen molar-refractivity contribution in [2.45, 2.75) is 39.2 Å². The largest absolute Gasteiger partial charge is 0.463 e. The molecule has 0 fully saturated rings. The standard InChI is InChI=1S/C15H20BrNO3/c1-11(2)20-15(19)8-9-17-14(18)7-6-12-4-3-5-13(16)10-12/h3-5,10-11H,6-9H2,1-2H3,(H,17,18). The second-order valence-corrected chi connectivity index (χ2v) is 5.68. The van der Waals surface area contributed by atoms with Gasteiger partial charge in [-0.3, -0.25) is 9.59 Å². The lowest BCUT2D eigenvalue weighted by atomic mass is 10.1. The van der Waals surface area contributed by atoms with Gasteiger partial charge in [-0.2, -0.15) is 0 Å². The number of esters is 1. The second kappa shape index (κ2) is 8.74. The Hall–Kier alpha value is -1.36. The number of carbonyl (C=O) groups excluding carboxylic acids is 2. The molecule has 0 bridgehead atoms. The van der Waals surface area contributed by atoms with Crippen molar-refractivity contribution in [3.63, 3.8) is 0 Å². The van der Waals surface area contributed by atoms with Crippen molar-refractivity contribution in [3.05, 3.63) is 34.3 Å². The zero-order valence-electron chi connectivity index (χ0n) is 11.8. The summed E-state index contributed by atoms with van der Waals surface area (Å²) >= 11 is 3.39. The molecule has 0 atom stereocenters. The average Bonchev–Trinajstić information content (AvgIpc) is 2.35. The predicted molar refractivity (Wildman–Crippen MR) is 81.3 cm³/mol. The molecule has 1 amide bonds. The molecule has 1 aromatic rings. The molecule has 0 aliphatic rings. The Morgan fingerprint density at radius 1 is 1.30 bits per heavy atom. The maximum Gasteiger partial charge on any atom is 0.307 e. The Morgan fingerprint density at radius 2 is 2.05 bits per heavy atom. The van der Waals surface area contributed by atoms with Gasteiger partial charge in [0.15, 0.2) is 0 Å². The maximum atomic E-state index is 11.6. The molecule has 0 heterocycles. The van der Waals surface area contributed by atoms with Crippen molar-refractivity contribution in [1.29, 1.82) is 0 Å². The van der Waals surface area contributed by atoms with E-state index in [9.17, 15) is 9.59 Å². The molecule has 0 saturated carbocycles. The molecule has 4 nitrogen and oxygen atoms in total. The van der Waals surface area contributed by atoms with Crippen molar-refractivity contribution in [3.8, 4) is 0 Å². The Kier molecular flexibility index (Phi) is 7.30. The predicted octanol–water partition coefficient (Wildman–Crippen LogP) is 2.84. The zero-order valence-corrected chi connectivity index (χ0v) is 13.4. The third kappa shape index (κ3) is 7.28. The van der Waals surface area contributed by atoms with Crippen molar-refractivity contribution in [1.82, 2.24) is 5.32 Å². The van der Waals surface area contributed by atoms with Crippen LogP contribution < -0.4 is 5.32 Å². The van der Waals surface area contributed by atoms with Gasteiger partial charge in [0.05, 0.1) is 12.5 Å². The zero-order chi connectivity index (χ0) is 15.0. The summed E-state index contributed by atoms with van der Waals surface area (Å²) in [6.45, 7) is 3.92. The fourth-order valence-electron chi connectivity index (χ4n) is 1.66. The van der Waals surface area contributed by atoms with Crippen LogP contribution in [0.3, 0.4) is 0 Å². The molecule has 0 aromatic heterocycles. The van der Waals surface area contributed by atoms with E-state index in [-0.39, 0.29) is 24.4 Å². The molecule has 0 saturated heterocycles. The molecule has 5 heteroatoms. The van der Waals surface area contributed by atoms with Gasteiger partial charge < -0.3 is 10.1 Å². The van der Waals surface area contributed by atoms with E-state index in [1.165, 1.54) is 0 Å². The highest BCUT2D eigenvalue weighted by atomic mass is 79.9. The normalized spacial score (nSPS) is 10.4. The lowest BCUT2D eigenvalue weighted by molar-refractivity contribution is -0.147. The van der Waals surface area contributed by atoms with E-state index < -0.39 is 0 Å². The Morgan fingerprint density at radius 3 is 2.70 bits per heavy atom. The number of hydrogen-bond donors (Lipinski definition) is 1. The third-order valence-electron chi connectivity index (χ3n) is 2.55. The molecule has 0 spiro atoms. The van der Waals surface area contributed by atoms with Gasteiger partial charge in [0, 0.05) is 17.4 Å². The number of halogens is 1. The van der Waals surface area contributed by atoms with Crippen molar-refractivity contribution in [2.75, 3.05) is 6.54 Å². The molecule has 1 aromatic carbocycles. The van der Waals surface area contributed by atoms with Gasteiger partial charge in [-0.05, 0) is 38.0 Å². The van der Waals surface area contributed by atoms with Crippen molar-refractivity contribution in [2.24, 2.45) is 0 Å². The summed E-state index contributed by atoms with van der Waals surface area (Å²) < 4.78 is 5.99. The first kappa shape index (κ1) is 16.7. The molecule has 0 aliphatic heterocycles. The summed E-state index contributed by atoms with van der Waals surface area (Å²) in [7, 11) is 0. The minimum Gasteiger partial charge on any atom is -0.463 e. The fourth-order valence-corrected chi connectivity index (χ4v) is 2.11. The minimum atomic E-state index is -0.285. The highest BCUT2D eigenvalue weighted by molar-refractivity contribution is 9.10. The molecule has 0 radical (unpaired) electrons. The Labute approximate surface area is 128 Å². The number of ether oxygens (including phenoxy) is 1. The monoisotopic (exact) mass is 341 g/mol. The van der Waals surface area contributed by atoms with Crippen LogP contribution in [0.15, 0.2) is 28.7 Å². The number of nitrogens with one attached hydrogen (secondary N) is 1. The van der Waals surface area contributed by atoms with Crippen LogP contribution >= 0.6 is 15.9 Å². The van der Waals surface area contributed by atoms with Crippen LogP contribution in [-0.2, 0) is 20.7 Å². The highest BCUT2D eigenvalue weighted by Gasteiger charge is 2.07. The van der Waals surface area contributed by atoms with Gasteiger partial charge in [-0.1, -0.05) is 28.1 Å². The fraction of sp³-hybridized carbons (Fsp3) is 0.467. The van der Waals surface area contributed by atoms with E-state index in [1.54, 1.807) is 13.8 Å². The number of hydrogen-bond acceptors (Lipinski definition) is 3. The smallest absolute Gasteiger partial charge is 0.307 e. The second-order valence-electron chi connectivity index (χ2n) is 4.77. The van der Waals surface area contributed by atoms with E-state index in [1.807, 2.05) is 24.3 Å². The minimum absolute atomic E-state index is 0.0534. The van der Waals surface area contributed by atoms with Crippen LogP contribution in [0.2, 0.25) is 0 Å². The number of benzene rings is 1. The van der Waals surface area contributed by atoms with Crippen LogP contribution in [0.5, 0.6) is 0 Å². The molecular weight excluding hydrogens is 322 g/mol. The van der Waals surface area contributed by atoms with Gasteiger partial charge in [0.25, 0.3) is 0 Å². The summed E-state index contributed by atoms with van der Waals surface area (Å²) in [6.07, 6.45) is 1.19. The molecule has 110 valence electrons. The summed E-state index contributed by atoms with van der Waals surface area (Å²) in [5, 5.41) is 2.72. The Bertz CT molecular complexity index is 460. The number of carbonyl (C=O) groups is 2. The molecule has 20 heavy (non-hydrogen) atoms. The summed E-state index contributed by atoms with van der Waals surface area (Å²) in [5.41, 5.74) is 1.11. The summed E-state index contributed by atoms with van der Waals surface area (Å²) in [4.78, 5) is 22.9. The van der Waals surface area contributed by atoms with Crippen LogP contribution in [0.1, 0.15) is 32.3 Å². The molecule has 0 unspecified atom stereocenters. The third-order valence-corrected chi connectivity index (χ3v) is 3.04. The van der Waals surface area contributed by atoms with Gasteiger partial charge >= 0.3 is 5.97 Å². The van der Waals surface area contributed by atoms with Crippen molar-refractivity contribution >= 4 is 27.8 Å².